The van der Waals surface area contributed by atoms with Crippen LogP contribution in [0.1, 0.15) is 28.8 Å². The summed E-state index contributed by atoms with van der Waals surface area (Å²) in [5.74, 6) is 2.02. The van der Waals surface area contributed by atoms with Crippen LogP contribution >= 0.6 is 0 Å². The molecular formula is C30H33FN6O4. The topological polar surface area (TPSA) is 117 Å². The van der Waals surface area contributed by atoms with Gasteiger partial charge in [0.1, 0.15) is 19.0 Å². The monoisotopic (exact) mass is 560 g/mol. The average Bonchev–Trinajstić information content (AvgIpc) is 3.45. The molecule has 10 nitrogen and oxygen atoms in total. The van der Waals surface area contributed by atoms with Crippen molar-refractivity contribution in [3.8, 4) is 17.3 Å². The molecule has 3 aliphatic rings. The highest BCUT2D eigenvalue weighted by atomic mass is 19.1. The van der Waals surface area contributed by atoms with E-state index in [1.165, 1.54) is 12.8 Å². The van der Waals surface area contributed by atoms with Gasteiger partial charge in [-0.05, 0) is 55.0 Å². The molecule has 2 unspecified atom stereocenters. The standard InChI is InChI=1S/C30H33FN6O4/c1-35-24-9-18-7-8-36(15-20(32)12-31)29(38)22(18)11-23(24)34-28(35)25-10-19-3-2-4-26(27(19)37(25)14-17-5-6-17)40-16-21-13-33-30(39)41-21/h2-4,9-11,17,20-21H,5-8,12-16,32H2,1H3,(H,33,39). The number of cyclic esters (lactones) is 1. The molecule has 41 heavy (non-hydrogen) atoms. The molecule has 3 N–H and O–H groups in total. The molecule has 0 bridgehead atoms. The number of carbonyl (C=O) groups is 2. The number of nitrogens with two attached hydrogens (primary N) is 1. The van der Waals surface area contributed by atoms with E-state index in [1.54, 1.807) is 4.90 Å². The highest BCUT2D eigenvalue weighted by Gasteiger charge is 2.30. The number of carbonyl (C=O) groups excluding carboxylic acids is 2. The van der Waals surface area contributed by atoms with Crippen molar-refractivity contribution in [2.24, 2.45) is 18.7 Å². The van der Waals surface area contributed by atoms with E-state index in [2.05, 4.69) is 32.7 Å². The number of hydrogen-bond acceptors (Lipinski definition) is 6. The lowest BCUT2D eigenvalue weighted by atomic mass is 9.97. The summed E-state index contributed by atoms with van der Waals surface area (Å²) in [6, 6.07) is 11.4. The maximum Gasteiger partial charge on any atom is 0.407 e. The maximum absolute atomic E-state index is 13.2. The Labute approximate surface area is 236 Å². The van der Waals surface area contributed by atoms with Gasteiger partial charge in [-0.3, -0.25) is 4.79 Å². The fraction of sp³-hybridized carbons (Fsp3) is 0.433. The Morgan fingerprint density at radius 1 is 1.24 bits per heavy atom. The molecule has 11 heteroatoms. The van der Waals surface area contributed by atoms with Crippen LogP contribution in [0, 0.1) is 5.92 Å². The van der Waals surface area contributed by atoms with E-state index < -0.39 is 18.8 Å². The van der Waals surface area contributed by atoms with Crippen molar-refractivity contribution in [3.63, 3.8) is 0 Å². The van der Waals surface area contributed by atoms with Crippen molar-refractivity contribution in [1.82, 2.24) is 24.3 Å². The second-order valence-corrected chi connectivity index (χ2v) is 11.4. The number of imidazole rings is 1. The summed E-state index contributed by atoms with van der Waals surface area (Å²) in [6.45, 7) is 1.60. The van der Waals surface area contributed by atoms with Gasteiger partial charge >= 0.3 is 6.09 Å². The summed E-state index contributed by atoms with van der Waals surface area (Å²) >= 11 is 0. The predicted molar refractivity (Wildman–Crippen MR) is 152 cm³/mol. The molecular weight excluding hydrogens is 527 g/mol. The van der Waals surface area contributed by atoms with Crippen molar-refractivity contribution in [2.75, 3.05) is 32.9 Å². The lowest BCUT2D eigenvalue weighted by molar-refractivity contribution is 0.0725. The second kappa shape index (κ2) is 10.1. The minimum absolute atomic E-state index is 0.128. The van der Waals surface area contributed by atoms with E-state index in [-0.39, 0.29) is 25.2 Å². The van der Waals surface area contributed by atoms with Crippen LogP contribution in [0.5, 0.6) is 5.75 Å². The van der Waals surface area contributed by atoms with Crippen molar-refractivity contribution in [1.29, 1.82) is 0 Å². The van der Waals surface area contributed by atoms with Crippen molar-refractivity contribution >= 4 is 33.9 Å². The fourth-order valence-electron chi connectivity index (χ4n) is 6.00. The highest BCUT2D eigenvalue weighted by molar-refractivity contribution is 6.01. The second-order valence-electron chi connectivity index (χ2n) is 11.4. The molecule has 1 saturated heterocycles. The molecule has 7 rings (SSSR count). The summed E-state index contributed by atoms with van der Waals surface area (Å²) in [5.41, 5.74) is 11.0. The van der Waals surface area contributed by atoms with Gasteiger partial charge in [0, 0.05) is 37.6 Å². The number of halogens is 1. The zero-order valence-electron chi connectivity index (χ0n) is 22.9. The summed E-state index contributed by atoms with van der Waals surface area (Å²) in [6.07, 6.45) is 2.31. The molecule has 4 aromatic rings. The van der Waals surface area contributed by atoms with Gasteiger partial charge in [0.15, 0.2) is 11.9 Å². The van der Waals surface area contributed by atoms with Gasteiger partial charge < -0.3 is 34.6 Å². The Morgan fingerprint density at radius 2 is 2.10 bits per heavy atom. The Hall–Kier alpha value is -4.12. The van der Waals surface area contributed by atoms with Gasteiger partial charge in [-0.15, -0.1) is 0 Å². The number of benzene rings is 2. The summed E-state index contributed by atoms with van der Waals surface area (Å²) < 4.78 is 28.9. The third-order valence-corrected chi connectivity index (χ3v) is 8.35. The lowest BCUT2D eigenvalue weighted by Gasteiger charge is -2.30. The van der Waals surface area contributed by atoms with E-state index in [0.29, 0.717) is 31.0 Å². The number of nitrogens with zero attached hydrogens (tertiary/aromatic N) is 4. The minimum atomic E-state index is -0.683. The molecule has 0 radical (unpaired) electrons. The van der Waals surface area contributed by atoms with Gasteiger partial charge in [-0.2, -0.15) is 0 Å². The predicted octanol–water partition coefficient (Wildman–Crippen LogP) is 3.39. The van der Waals surface area contributed by atoms with Gasteiger partial charge in [0.25, 0.3) is 5.91 Å². The van der Waals surface area contributed by atoms with Gasteiger partial charge in [0.2, 0.25) is 0 Å². The molecule has 2 aliphatic heterocycles. The number of rotatable bonds is 9. The van der Waals surface area contributed by atoms with Crippen LogP contribution in [-0.4, -0.2) is 76.1 Å². The van der Waals surface area contributed by atoms with Gasteiger partial charge in [-0.1, -0.05) is 12.1 Å². The van der Waals surface area contributed by atoms with Gasteiger partial charge in [-0.25, -0.2) is 14.2 Å². The summed E-state index contributed by atoms with van der Waals surface area (Å²) in [4.78, 5) is 31.4. The van der Waals surface area contributed by atoms with Crippen LogP contribution in [0.3, 0.4) is 0 Å². The Kier molecular flexibility index (Phi) is 6.33. The van der Waals surface area contributed by atoms with Crippen LogP contribution < -0.4 is 15.8 Å². The van der Waals surface area contributed by atoms with Crippen LogP contribution in [-0.2, 0) is 24.8 Å². The number of alkyl carbamates (subject to hydrolysis) is 1. The Morgan fingerprint density at radius 3 is 2.85 bits per heavy atom. The van der Waals surface area contributed by atoms with Crippen molar-refractivity contribution in [3.05, 3.63) is 47.5 Å². The molecule has 214 valence electrons. The number of ether oxygens (including phenoxy) is 2. The SMILES string of the molecule is Cn1c(-c2cc3cccc(OCC4CNC(=O)O4)c3n2CC2CC2)nc2cc3c(cc21)CCN(CC(N)CF)C3=O. The number of amides is 2. The largest absolute Gasteiger partial charge is 0.487 e. The first-order valence-corrected chi connectivity index (χ1v) is 14.2. The number of hydrogen-bond donors (Lipinski definition) is 2. The first-order chi connectivity index (χ1) is 19.9. The van der Waals surface area contributed by atoms with Crippen LogP contribution in [0.15, 0.2) is 36.4 Å². The Balaban J connectivity index is 1.28. The molecule has 2 fully saturated rings. The number of nitrogens with one attached hydrogen (secondary N) is 1. The van der Waals surface area contributed by atoms with Crippen molar-refractivity contribution < 1.29 is 23.5 Å². The number of fused-ring (bicyclic) bond motifs is 3. The maximum atomic E-state index is 13.2. The normalized spacial score (nSPS) is 19.5. The fourth-order valence-corrected chi connectivity index (χ4v) is 6.00. The number of alkyl halides is 1. The smallest absolute Gasteiger partial charge is 0.407 e. The third kappa shape index (κ3) is 4.67. The molecule has 2 aromatic carbocycles. The van der Waals surface area contributed by atoms with Crippen LogP contribution in [0.2, 0.25) is 0 Å². The molecule has 4 heterocycles. The first-order valence-electron chi connectivity index (χ1n) is 14.2. The quantitative estimate of drug-likeness (QED) is 0.324. The summed E-state index contributed by atoms with van der Waals surface area (Å²) in [7, 11) is 2.01. The first kappa shape index (κ1) is 25.8. The molecule has 1 saturated carbocycles. The van der Waals surface area contributed by atoms with E-state index in [9.17, 15) is 14.0 Å². The molecule has 0 spiro atoms. The number of aryl methyl sites for hydroxylation is 1. The van der Waals surface area contributed by atoms with E-state index in [0.717, 1.165) is 51.3 Å². The minimum Gasteiger partial charge on any atom is -0.487 e. The van der Waals surface area contributed by atoms with E-state index >= 15 is 0 Å². The van der Waals surface area contributed by atoms with Gasteiger partial charge in [0.05, 0.1) is 34.8 Å². The average molecular weight is 561 g/mol. The van der Waals surface area contributed by atoms with Crippen LogP contribution in [0.4, 0.5) is 9.18 Å². The zero-order valence-corrected chi connectivity index (χ0v) is 22.9. The van der Waals surface area contributed by atoms with Crippen LogP contribution in [0.25, 0.3) is 33.5 Å². The van der Waals surface area contributed by atoms with Crippen molar-refractivity contribution in [2.45, 2.75) is 38.0 Å². The third-order valence-electron chi connectivity index (χ3n) is 8.35. The van der Waals surface area contributed by atoms with E-state index in [4.69, 9.17) is 20.2 Å². The number of aromatic nitrogens is 3. The molecule has 1 aliphatic carbocycles. The van der Waals surface area contributed by atoms with E-state index in [1.807, 2.05) is 25.2 Å². The lowest BCUT2D eigenvalue weighted by Crippen LogP contribution is -2.45. The Bertz CT molecular complexity index is 1670. The summed E-state index contributed by atoms with van der Waals surface area (Å²) in [5, 5.41) is 3.71. The zero-order chi connectivity index (χ0) is 28.2. The molecule has 2 aromatic heterocycles. The highest BCUT2D eigenvalue weighted by Crippen LogP contribution is 2.39. The molecule has 2 atom stereocenters. The number of para-hydroxylation sites is 1. The molecule has 2 amide bonds.